The number of rotatable bonds is 4. The average Bonchev–Trinajstić information content (AvgIpc) is 2.18. The van der Waals surface area contributed by atoms with Crippen LogP contribution in [0.5, 0.6) is 0 Å². The van der Waals surface area contributed by atoms with E-state index < -0.39 is 0 Å². The second-order valence-electron chi connectivity index (χ2n) is 3.40. The van der Waals surface area contributed by atoms with Gasteiger partial charge < -0.3 is 16.2 Å². The van der Waals surface area contributed by atoms with Crippen molar-refractivity contribution in [3.05, 3.63) is 30.3 Å². The van der Waals surface area contributed by atoms with Crippen LogP contribution < -0.4 is 11.1 Å². The predicted octanol–water partition coefficient (Wildman–Crippen LogP) is 1.80. The van der Waals surface area contributed by atoms with Crippen LogP contribution in [0.4, 0.5) is 5.69 Å². The maximum absolute atomic E-state index is 9.02. The highest BCUT2D eigenvalue weighted by Crippen LogP contribution is 2.03. The maximum Gasteiger partial charge on any atom is 0.193 e. The standard InChI is InChI=1S/C11H17N3O.HI/c1-9(15)7-8-13-11(12)14-10-5-3-2-4-6-10;/h2-6,9,15H,7-8H2,1H3,(H3,12,13,14);1H. The molecule has 5 heteroatoms. The lowest BCUT2D eigenvalue weighted by atomic mass is 10.3. The molecule has 4 N–H and O–H groups in total. The van der Waals surface area contributed by atoms with Crippen LogP contribution in [0.25, 0.3) is 0 Å². The van der Waals surface area contributed by atoms with Gasteiger partial charge in [0.2, 0.25) is 0 Å². The predicted molar refractivity (Wildman–Crippen MR) is 78.3 cm³/mol. The SMILES string of the molecule is CC(O)CCN=C(N)Nc1ccccc1.I. The molecule has 0 amide bonds. The summed E-state index contributed by atoms with van der Waals surface area (Å²) in [6.07, 6.45) is 0.287. The van der Waals surface area contributed by atoms with Crippen molar-refractivity contribution in [2.24, 2.45) is 10.7 Å². The number of nitrogens with one attached hydrogen (secondary N) is 1. The van der Waals surface area contributed by atoms with Gasteiger partial charge in [0.15, 0.2) is 5.96 Å². The van der Waals surface area contributed by atoms with Gasteiger partial charge in [-0.1, -0.05) is 18.2 Å². The second kappa shape index (κ2) is 8.35. The summed E-state index contributed by atoms with van der Waals surface area (Å²) < 4.78 is 0. The van der Waals surface area contributed by atoms with Crippen LogP contribution in [0.3, 0.4) is 0 Å². The van der Waals surface area contributed by atoms with Gasteiger partial charge in [0.05, 0.1) is 6.10 Å². The number of anilines is 1. The minimum absolute atomic E-state index is 0. The summed E-state index contributed by atoms with van der Waals surface area (Å²) in [7, 11) is 0. The Morgan fingerprint density at radius 2 is 2.06 bits per heavy atom. The van der Waals surface area contributed by atoms with Crippen molar-refractivity contribution in [1.82, 2.24) is 0 Å². The molecule has 1 rings (SSSR count). The van der Waals surface area contributed by atoms with Crippen molar-refractivity contribution in [2.75, 3.05) is 11.9 Å². The minimum Gasteiger partial charge on any atom is -0.393 e. The smallest absolute Gasteiger partial charge is 0.193 e. The van der Waals surface area contributed by atoms with Gasteiger partial charge in [0, 0.05) is 12.2 Å². The number of aliphatic imine (C=N–C) groups is 1. The van der Waals surface area contributed by atoms with Crippen molar-refractivity contribution in [2.45, 2.75) is 19.4 Å². The third-order valence-corrected chi connectivity index (χ3v) is 1.88. The van der Waals surface area contributed by atoms with Gasteiger partial charge in [-0.05, 0) is 25.5 Å². The Bertz CT molecular complexity index is 314. The van der Waals surface area contributed by atoms with Gasteiger partial charge in [-0.15, -0.1) is 24.0 Å². The van der Waals surface area contributed by atoms with Crippen molar-refractivity contribution >= 4 is 35.6 Å². The number of nitrogens with zero attached hydrogens (tertiary/aromatic N) is 1. The first-order valence-corrected chi connectivity index (χ1v) is 4.98. The van der Waals surface area contributed by atoms with E-state index in [0.717, 1.165) is 5.69 Å². The zero-order chi connectivity index (χ0) is 11.1. The molecular formula is C11H18IN3O. The van der Waals surface area contributed by atoms with E-state index in [1.54, 1.807) is 6.92 Å². The first kappa shape index (κ1) is 15.2. The molecule has 90 valence electrons. The lowest BCUT2D eigenvalue weighted by Crippen LogP contribution is -2.23. The van der Waals surface area contributed by atoms with Crippen LogP contribution in [0.15, 0.2) is 35.3 Å². The van der Waals surface area contributed by atoms with Crippen LogP contribution in [0.2, 0.25) is 0 Å². The highest BCUT2D eigenvalue weighted by Gasteiger charge is 1.95. The van der Waals surface area contributed by atoms with E-state index in [4.69, 9.17) is 10.8 Å². The third-order valence-electron chi connectivity index (χ3n) is 1.88. The molecular weight excluding hydrogens is 317 g/mol. The summed E-state index contributed by atoms with van der Waals surface area (Å²) >= 11 is 0. The summed E-state index contributed by atoms with van der Waals surface area (Å²) in [5, 5.41) is 12.0. The number of guanidine groups is 1. The topological polar surface area (TPSA) is 70.6 Å². The molecule has 0 aliphatic heterocycles. The lowest BCUT2D eigenvalue weighted by molar-refractivity contribution is 0.187. The van der Waals surface area contributed by atoms with Crippen molar-refractivity contribution in [3.8, 4) is 0 Å². The van der Waals surface area contributed by atoms with Crippen molar-refractivity contribution < 1.29 is 5.11 Å². The molecule has 0 aliphatic rings. The molecule has 0 heterocycles. The zero-order valence-electron chi connectivity index (χ0n) is 9.26. The largest absolute Gasteiger partial charge is 0.393 e. The van der Waals surface area contributed by atoms with Gasteiger partial charge >= 0.3 is 0 Å². The monoisotopic (exact) mass is 335 g/mol. The number of para-hydroxylation sites is 1. The molecule has 16 heavy (non-hydrogen) atoms. The normalized spacial score (nSPS) is 12.8. The van der Waals surface area contributed by atoms with Crippen molar-refractivity contribution in [3.63, 3.8) is 0 Å². The first-order chi connectivity index (χ1) is 7.18. The van der Waals surface area contributed by atoms with Crippen LogP contribution >= 0.6 is 24.0 Å². The van der Waals surface area contributed by atoms with E-state index in [2.05, 4.69) is 10.3 Å². The minimum atomic E-state index is -0.335. The Morgan fingerprint density at radius 3 is 2.62 bits per heavy atom. The summed E-state index contributed by atoms with van der Waals surface area (Å²) in [6.45, 7) is 2.26. The molecule has 1 atom stereocenters. The number of hydrogen-bond donors (Lipinski definition) is 3. The highest BCUT2D eigenvalue weighted by molar-refractivity contribution is 14.0. The molecule has 0 bridgehead atoms. The molecule has 1 aromatic rings. The van der Waals surface area contributed by atoms with E-state index in [1.807, 2.05) is 30.3 Å². The number of benzene rings is 1. The Balaban J connectivity index is 0.00000225. The molecule has 0 spiro atoms. The zero-order valence-corrected chi connectivity index (χ0v) is 11.6. The number of hydrogen-bond acceptors (Lipinski definition) is 2. The van der Waals surface area contributed by atoms with E-state index in [0.29, 0.717) is 18.9 Å². The number of aliphatic hydroxyl groups excluding tert-OH is 1. The van der Waals surface area contributed by atoms with Gasteiger partial charge in [0.1, 0.15) is 0 Å². The average molecular weight is 335 g/mol. The summed E-state index contributed by atoms with van der Waals surface area (Å²) in [4.78, 5) is 4.08. The van der Waals surface area contributed by atoms with E-state index in [1.165, 1.54) is 0 Å². The molecule has 0 aromatic heterocycles. The van der Waals surface area contributed by atoms with Gasteiger partial charge in [-0.2, -0.15) is 0 Å². The quantitative estimate of drug-likeness (QED) is 0.446. The Morgan fingerprint density at radius 1 is 1.44 bits per heavy atom. The van der Waals surface area contributed by atoms with Gasteiger partial charge in [-0.25, -0.2) is 0 Å². The summed E-state index contributed by atoms with van der Waals surface area (Å²) in [6, 6.07) is 9.61. The second-order valence-corrected chi connectivity index (χ2v) is 3.40. The fraction of sp³-hybridized carbons (Fsp3) is 0.364. The Labute approximate surface area is 113 Å². The number of halogens is 1. The molecule has 1 unspecified atom stereocenters. The summed E-state index contributed by atoms with van der Waals surface area (Å²) in [5.74, 6) is 0.377. The Hall–Kier alpha value is -0.820. The maximum atomic E-state index is 9.02. The van der Waals surface area contributed by atoms with Crippen molar-refractivity contribution in [1.29, 1.82) is 0 Å². The van der Waals surface area contributed by atoms with Gasteiger partial charge in [0.25, 0.3) is 0 Å². The van der Waals surface area contributed by atoms with Crippen LogP contribution in [-0.4, -0.2) is 23.7 Å². The Kier molecular flexibility index (Phi) is 7.92. The van der Waals surface area contributed by atoms with Crippen LogP contribution in [-0.2, 0) is 0 Å². The first-order valence-electron chi connectivity index (χ1n) is 4.98. The third kappa shape index (κ3) is 6.62. The lowest BCUT2D eigenvalue weighted by Gasteiger charge is -2.05. The molecule has 4 nitrogen and oxygen atoms in total. The van der Waals surface area contributed by atoms with E-state index in [-0.39, 0.29) is 30.1 Å². The van der Waals surface area contributed by atoms with Gasteiger partial charge in [-0.3, -0.25) is 4.99 Å². The van der Waals surface area contributed by atoms with E-state index >= 15 is 0 Å². The van der Waals surface area contributed by atoms with Crippen LogP contribution in [0, 0.1) is 0 Å². The fourth-order valence-electron chi connectivity index (χ4n) is 1.08. The summed E-state index contributed by atoms with van der Waals surface area (Å²) in [5.41, 5.74) is 6.56. The molecule has 0 saturated carbocycles. The van der Waals surface area contributed by atoms with E-state index in [9.17, 15) is 0 Å². The molecule has 0 saturated heterocycles. The number of nitrogens with two attached hydrogens (primary N) is 1. The highest BCUT2D eigenvalue weighted by atomic mass is 127. The molecule has 1 aromatic carbocycles. The molecule has 0 radical (unpaired) electrons. The molecule has 0 aliphatic carbocycles. The van der Waals surface area contributed by atoms with Crippen LogP contribution in [0.1, 0.15) is 13.3 Å². The number of aliphatic hydroxyl groups is 1. The fourth-order valence-corrected chi connectivity index (χ4v) is 1.08. The molecule has 0 fully saturated rings.